The Hall–Kier alpha value is -5.46. The van der Waals surface area contributed by atoms with Crippen molar-refractivity contribution in [2.24, 2.45) is 11.8 Å². The molecule has 3 heterocycles. The summed E-state index contributed by atoms with van der Waals surface area (Å²) in [4.78, 5) is 91.9. The predicted molar refractivity (Wildman–Crippen MR) is 195 cm³/mol. The van der Waals surface area contributed by atoms with E-state index in [0.29, 0.717) is 19.3 Å². The molecular weight excluding hydrogens is 674 g/mol. The molecule has 1 aliphatic carbocycles. The molecule has 13 heteroatoms. The lowest BCUT2D eigenvalue weighted by molar-refractivity contribution is -0.143. The Bertz CT molecular complexity index is 1770. The van der Waals surface area contributed by atoms with Crippen molar-refractivity contribution in [2.45, 2.75) is 101 Å². The number of benzene rings is 2. The zero-order valence-corrected chi connectivity index (χ0v) is 30.2. The summed E-state index contributed by atoms with van der Waals surface area (Å²) in [5.74, 6) is -4.67. The molecule has 1 aromatic heterocycles. The van der Waals surface area contributed by atoms with Crippen LogP contribution in [0.25, 0.3) is 0 Å². The van der Waals surface area contributed by atoms with E-state index in [1.165, 1.54) is 18.6 Å². The number of carbonyl (C=O) groups is 6. The molecule has 7 atom stereocenters. The van der Waals surface area contributed by atoms with Crippen molar-refractivity contribution in [3.8, 4) is 0 Å². The highest BCUT2D eigenvalue weighted by Crippen LogP contribution is 2.42. The van der Waals surface area contributed by atoms with Crippen molar-refractivity contribution in [1.29, 1.82) is 0 Å². The number of Topliss-reactive ketones (excluding diaryl/α,β-unsaturated/α-hetero) is 1. The highest BCUT2D eigenvalue weighted by atomic mass is 16.2. The van der Waals surface area contributed by atoms with Crippen LogP contribution in [0.4, 0.5) is 0 Å². The summed E-state index contributed by atoms with van der Waals surface area (Å²) in [7, 11) is 0. The molecule has 13 nitrogen and oxygen atoms in total. The summed E-state index contributed by atoms with van der Waals surface area (Å²) in [5, 5.41) is 11.4. The summed E-state index contributed by atoms with van der Waals surface area (Å²) in [5.41, 5.74) is 1.57. The molecule has 2 aromatic carbocycles. The summed E-state index contributed by atoms with van der Waals surface area (Å²) in [6, 6.07) is 14.3. The van der Waals surface area contributed by atoms with E-state index in [-0.39, 0.29) is 36.0 Å². The third-order valence-corrected chi connectivity index (χ3v) is 10.8. The van der Waals surface area contributed by atoms with Crippen molar-refractivity contribution in [1.82, 2.24) is 36.1 Å². The predicted octanol–water partition coefficient (Wildman–Crippen LogP) is 2.67. The first-order chi connectivity index (χ1) is 25.6. The van der Waals surface area contributed by atoms with Crippen LogP contribution in [0, 0.1) is 11.8 Å². The van der Waals surface area contributed by atoms with Crippen LogP contribution in [0.1, 0.15) is 86.8 Å². The Kier molecular flexibility index (Phi) is 11.6. The number of rotatable bonds is 15. The maximum atomic E-state index is 14.6. The van der Waals surface area contributed by atoms with Gasteiger partial charge in [-0.25, -0.2) is 4.98 Å². The molecule has 2 aliphatic heterocycles. The lowest BCUT2D eigenvalue weighted by atomic mass is 9.84. The van der Waals surface area contributed by atoms with Gasteiger partial charge in [-0.3, -0.25) is 33.8 Å². The maximum Gasteiger partial charge on any atom is 0.289 e. The molecular formula is C40H47N7O6. The molecule has 6 rings (SSSR count). The average molecular weight is 722 g/mol. The molecule has 4 N–H and O–H groups in total. The lowest BCUT2D eigenvalue weighted by Crippen LogP contribution is -2.57. The molecule has 0 bridgehead atoms. The number of amides is 5. The Morgan fingerprint density at radius 2 is 1.55 bits per heavy atom. The van der Waals surface area contributed by atoms with Gasteiger partial charge in [0.1, 0.15) is 23.8 Å². The van der Waals surface area contributed by atoms with Gasteiger partial charge in [-0.1, -0.05) is 94.3 Å². The van der Waals surface area contributed by atoms with E-state index >= 15 is 0 Å². The summed E-state index contributed by atoms with van der Waals surface area (Å²) in [6.45, 7) is 5.70. The van der Waals surface area contributed by atoms with Gasteiger partial charge >= 0.3 is 0 Å². The van der Waals surface area contributed by atoms with Crippen LogP contribution in [0.5, 0.6) is 0 Å². The second-order valence-corrected chi connectivity index (χ2v) is 14.3. The van der Waals surface area contributed by atoms with Gasteiger partial charge in [0.25, 0.3) is 11.8 Å². The third kappa shape index (κ3) is 8.13. The molecule has 1 saturated carbocycles. The van der Waals surface area contributed by atoms with Crippen LogP contribution in [0.2, 0.25) is 0 Å². The van der Waals surface area contributed by atoms with E-state index in [9.17, 15) is 28.8 Å². The van der Waals surface area contributed by atoms with E-state index in [4.69, 9.17) is 0 Å². The van der Waals surface area contributed by atoms with Gasteiger partial charge in [0.15, 0.2) is 0 Å². The Morgan fingerprint density at radius 3 is 2.11 bits per heavy atom. The zero-order chi connectivity index (χ0) is 37.6. The monoisotopic (exact) mass is 721 g/mol. The molecule has 3 aromatic rings. The smallest absolute Gasteiger partial charge is 0.289 e. The molecule has 53 heavy (non-hydrogen) atoms. The first-order valence-corrected chi connectivity index (χ1v) is 18.6. The second-order valence-electron chi connectivity index (χ2n) is 14.3. The second kappa shape index (κ2) is 16.5. The van der Waals surface area contributed by atoms with Crippen LogP contribution in [-0.2, 0) is 24.0 Å². The number of nitrogens with zero attached hydrogens (tertiary/aromatic N) is 3. The standard InChI is InChI=1S/C40H47N7O6/c1-4-12-28(35(48)39(52)43-27-17-18-27)44-38(51)34-24(5-2)21-30-23(3)32(40(53)47(30)34)45-37(50)33(46-36(49)29-22-41-19-20-42-29)31(25-13-8-6-9-14-25)26-15-10-7-11-16-26/h6-11,13-16,19-20,22-24,27-28,30-34H,4-5,12,17-18,21H2,1-3H3,(H,43,52)(H,44,51)(H,45,50)(H,46,49)/t23?,24-,28?,30?,32-,33-,34-/m0/s1. The van der Waals surface area contributed by atoms with Crippen LogP contribution in [0.15, 0.2) is 79.3 Å². The fourth-order valence-corrected chi connectivity index (χ4v) is 7.82. The van der Waals surface area contributed by atoms with Crippen LogP contribution < -0.4 is 21.3 Å². The molecule has 3 aliphatic rings. The fourth-order valence-electron chi connectivity index (χ4n) is 7.82. The van der Waals surface area contributed by atoms with Gasteiger partial charge < -0.3 is 26.2 Å². The van der Waals surface area contributed by atoms with Gasteiger partial charge in [0, 0.05) is 36.3 Å². The number of hydrogen-bond acceptors (Lipinski definition) is 8. The number of hydrogen-bond donors (Lipinski definition) is 4. The Morgan fingerprint density at radius 1 is 0.887 bits per heavy atom. The number of aromatic nitrogens is 2. The molecule has 0 spiro atoms. The first kappa shape index (κ1) is 37.3. The molecule has 3 unspecified atom stereocenters. The first-order valence-electron chi connectivity index (χ1n) is 18.6. The summed E-state index contributed by atoms with van der Waals surface area (Å²) < 4.78 is 0. The van der Waals surface area contributed by atoms with Crippen LogP contribution in [-0.4, -0.2) is 86.4 Å². The van der Waals surface area contributed by atoms with E-state index in [0.717, 1.165) is 24.0 Å². The fraction of sp³-hybridized carbons (Fsp3) is 0.450. The SMILES string of the molecule is CCCC(NC(=O)[C@@H]1[C@@H](CC)CC2C(C)[C@H](NC(=O)[C@@H](NC(=O)c3cnccn3)C(c3ccccc3)c3ccccc3)C(=O)N21)C(=O)C(=O)NC1CC1. The van der Waals surface area contributed by atoms with Crippen molar-refractivity contribution < 1.29 is 28.8 Å². The Balaban J connectivity index is 1.26. The van der Waals surface area contributed by atoms with Crippen LogP contribution >= 0.6 is 0 Å². The van der Waals surface area contributed by atoms with Crippen molar-refractivity contribution in [2.75, 3.05) is 0 Å². The summed E-state index contributed by atoms with van der Waals surface area (Å²) >= 11 is 0. The number of carbonyl (C=O) groups excluding carboxylic acids is 6. The molecule has 278 valence electrons. The highest BCUT2D eigenvalue weighted by Gasteiger charge is 2.57. The topological polar surface area (TPSA) is 180 Å². The highest BCUT2D eigenvalue weighted by molar-refractivity contribution is 6.38. The van der Waals surface area contributed by atoms with E-state index in [2.05, 4.69) is 31.2 Å². The van der Waals surface area contributed by atoms with Crippen molar-refractivity contribution in [3.63, 3.8) is 0 Å². The number of fused-ring (bicyclic) bond motifs is 1. The third-order valence-electron chi connectivity index (χ3n) is 10.8. The van der Waals surface area contributed by atoms with Gasteiger partial charge in [-0.2, -0.15) is 0 Å². The lowest BCUT2D eigenvalue weighted by Gasteiger charge is -2.30. The minimum atomic E-state index is -1.17. The minimum Gasteiger partial charge on any atom is -0.347 e. The minimum absolute atomic E-state index is 0.00376. The zero-order valence-electron chi connectivity index (χ0n) is 30.2. The Labute approximate surface area is 309 Å². The van der Waals surface area contributed by atoms with Gasteiger partial charge in [-0.05, 0) is 42.7 Å². The van der Waals surface area contributed by atoms with Gasteiger partial charge in [0.05, 0.1) is 12.2 Å². The summed E-state index contributed by atoms with van der Waals surface area (Å²) in [6.07, 6.45) is 7.79. The van der Waals surface area contributed by atoms with E-state index in [1.54, 1.807) is 4.90 Å². The number of ketones is 1. The molecule has 2 saturated heterocycles. The van der Waals surface area contributed by atoms with Gasteiger partial charge in [0.2, 0.25) is 23.5 Å². The van der Waals surface area contributed by atoms with E-state index in [1.807, 2.05) is 81.4 Å². The quantitative estimate of drug-likeness (QED) is 0.173. The van der Waals surface area contributed by atoms with Crippen molar-refractivity contribution >= 4 is 35.3 Å². The van der Waals surface area contributed by atoms with Gasteiger partial charge in [-0.15, -0.1) is 0 Å². The molecule has 5 amide bonds. The molecule has 0 radical (unpaired) electrons. The normalized spacial score (nSPS) is 23.1. The largest absolute Gasteiger partial charge is 0.347 e. The van der Waals surface area contributed by atoms with E-state index < -0.39 is 65.4 Å². The van der Waals surface area contributed by atoms with Crippen LogP contribution in [0.3, 0.4) is 0 Å². The maximum absolute atomic E-state index is 14.6. The molecule has 3 fully saturated rings. The average Bonchev–Trinajstić information content (AvgIpc) is 3.86. The van der Waals surface area contributed by atoms with Crippen molar-refractivity contribution in [3.05, 3.63) is 96.1 Å². The number of nitrogens with one attached hydrogen (secondary N) is 4.